The Hall–Kier alpha value is 0.174. The Labute approximate surface area is 156 Å². The Morgan fingerprint density at radius 1 is 0.833 bits per heavy atom. The van der Waals surface area contributed by atoms with Crippen LogP contribution >= 0.6 is 0 Å². The van der Waals surface area contributed by atoms with Crippen LogP contribution in [-0.4, -0.2) is 16.9 Å². The third-order valence-corrected chi connectivity index (χ3v) is 20.0. The van der Waals surface area contributed by atoms with E-state index in [1.165, 1.54) is 18.9 Å². The fourth-order valence-electron chi connectivity index (χ4n) is 7.18. The normalized spacial score (nSPS) is 22.9. The number of allylic oxidation sites excluding steroid dienone is 2. The van der Waals surface area contributed by atoms with E-state index < -0.39 is 16.9 Å². The zero-order valence-electron chi connectivity index (χ0n) is 19.1. The third-order valence-electron chi connectivity index (χ3n) is 6.68. The number of rotatable bonds is 2. The van der Waals surface area contributed by atoms with Gasteiger partial charge in [0.2, 0.25) is 0 Å². The second-order valence-corrected chi connectivity index (χ2v) is 21.6. The lowest BCUT2D eigenvalue weighted by Gasteiger charge is -2.66. The van der Waals surface area contributed by atoms with E-state index in [4.69, 9.17) is 0 Å². The zero-order valence-corrected chi connectivity index (χ0v) is 21.1. The van der Waals surface area contributed by atoms with Gasteiger partial charge in [-0.3, -0.25) is 0 Å². The summed E-state index contributed by atoms with van der Waals surface area (Å²) in [5, 5.41) is 5.62. The maximum Gasteiger partial charge on any atom is 0.0968 e. The highest BCUT2D eigenvalue weighted by molar-refractivity contribution is 6.97. The Kier molecular flexibility index (Phi) is 5.93. The van der Waals surface area contributed by atoms with Gasteiger partial charge in [-0.15, -0.1) is 0 Å². The van der Waals surface area contributed by atoms with Crippen molar-refractivity contribution in [2.75, 3.05) is 0 Å². The van der Waals surface area contributed by atoms with Gasteiger partial charge in [-0.1, -0.05) is 106 Å². The van der Waals surface area contributed by atoms with Gasteiger partial charge in [-0.2, -0.15) is 0 Å². The van der Waals surface area contributed by atoms with Crippen LogP contribution in [-0.2, 0) is 0 Å². The van der Waals surface area contributed by atoms with Crippen molar-refractivity contribution in [3.05, 3.63) is 10.4 Å². The molecular weight excluding hydrogens is 320 g/mol. The van der Waals surface area contributed by atoms with E-state index in [1.54, 1.807) is 0 Å². The molecule has 0 atom stereocenters. The van der Waals surface area contributed by atoms with Crippen molar-refractivity contribution < 1.29 is 0 Å². The topological polar surface area (TPSA) is 0 Å². The summed E-state index contributed by atoms with van der Waals surface area (Å²) in [5.41, 5.74) is 0. The molecule has 0 fully saturated rings. The van der Waals surface area contributed by atoms with Crippen LogP contribution in [0.3, 0.4) is 0 Å². The van der Waals surface area contributed by atoms with E-state index in [9.17, 15) is 0 Å². The first-order chi connectivity index (χ1) is 10.5. The van der Waals surface area contributed by atoms with Crippen LogP contribution in [0, 0.1) is 0 Å². The Morgan fingerprint density at radius 3 is 1.50 bits per heavy atom. The van der Waals surface area contributed by atoms with Crippen molar-refractivity contribution in [3.8, 4) is 0 Å². The van der Waals surface area contributed by atoms with E-state index in [0.717, 1.165) is 0 Å². The van der Waals surface area contributed by atoms with Crippen LogP contribution in [0.25, 0.3) is 0 Å². The van der Waals surface area contributed by atoms with E-state index in [0.29, 0.717) is 20.2 Å². The molecule has 1 aliphatic heterocycles. The lowest BCUT2D eigenvalue weighted by atomic mass is 10.2. The molecular formula is C22H45Si2. The van der Waals surface area contributed by atoms with Crippen molar-refractivity contribution in [1.29, 1.82) is 0 Å². The van der Waals surface area contributed by atoms with Crippen LogP contribution in [0.1, 0.15) is 103 Å². The maximum atomic E-state index is 2.65. The number of hydrogen-bond donors (Lipinski definition) is 0. The van der Waals surface area contributed by atoms with Crippen molar-refractivity contribution in [3.63, 3.8) is 0 Å². The first-order valence-electron chi connectivity index (χ1n) is 10.1. The average molecular weight is 366 g/mol. The van der Waals surface area contributed by atoms with E-state index in [-0.39, 0.29) is 0 Å². The van der Waals surface area contributed by atoms with Gasteiger partial charge >= 0.3 is 0 Å². The molecule has 0 aromatic rings. The predicted molar refractivity (Wildman–Crippen MR) is 117 cm³/mol. The molecule has 0 unspecified atom stereocenters. The lowest BCUT2D eigenvalue weighted by molar-refractivity contribution is 0.525. The molecule has 1 radical (unpaired) electrons. The minimum absolute atomic E-state index is 0.395. The molecule has 2 heteroatoms. The standard InChI is InChI=1S/C22H45Si2/c1-14-17-18(15-2)24(20(6,7)8,21(9,10)11)22(12,13)16-23(17)19(3,4)5/h14-16H2,1-13H3. The molecule has 1 heterocycles. The summed E-state index contributed by atoms with van der Waals surface area (Å²) in [6, 6.07) is 1.47. The van der Waals surface area contributed by atoms with Crippen molar-refractivity contribution in [2.24, 2.45) is 0 Å². The van der Waals surface area contributed by atoms with E-state index in [2.05, 4.69) is 90.0 Å². The van der Waals surface area contributed by atoms with E-state index >= 15 is 0 Å². The second-order valence-electron chi connectivity index (χ2n) is 11.7. The molecule has 0 spiro atoms. The highest BCUT2D eigenvalue weighted by Crippen LogP contribution is 2.70. The largest absolute Gasteiger partial charge is 0.0968 e. The van der Waals surface area contributed by atoms with Gasteiger partial charge in [0.25, 0.3) is 0 Å². The molecule has 0 N–H and O–H groups in total. The fraction of sp³-hybridized carbons (Fsp3) is 0.909. The van der Waals surface area contributed by atoms with Gasteiger partial charge in [-0.25, -0.2) is 0 Å². The summed E-state index contributed by atoms with van der Waals surface area (Å²) in [4.78, 5) is 0. The van der Waals surface area contributed by atoms with E-state index in [1.807, 2.05) is 10.4 Å². The average Bonchev–Trinajstić information content (AvgIpc) is 2.31. The summed E-state index contributed by atoms with van der Waals surface area (Å²) < 4.78 is 0. The first-order valence-corrected chi connectivity index (χ1v) is 13.8. The Morgan fingerprint density at radius 2 is 1.25 bits per heavy atom. The fourth-order valence-corrected chi connectivity index (χ4v) is 23.4. The smallest absolute Gasteiger partial charge is 0.0867 e. The molecule has 1 aliphatic rings. The highest BCUT2D eigenvalue weighted by Gasteiger charge is 2.65. The van der Waals surface area contributed by atoms with Gasteiger partial charge in [0.05, 0.1) is 16.9 Å². The van der Waals surface area contributed by atoms with Gasteiger partial charge in [0.15, 0.2) is 0 Å². The van der Waals surface area contributed by atoms with Crippen LogP contribution < -0.4 is 0 Å². The molecule has 1 rings (SSSR count). The molecule has 141 valence electrons. The monoisotopic (exact) mass is 365 g/mol. The third kappa shape index (κ3) is 3.15. The van der Waals surface area contributed by atoms with Crippen LogP contribution in [0.2, 0.25) is 26.2 Å². The summed E-state index contributed by atoms with van der Waals surface area (Å²) in [6.07, 6.45) is 2.56. The SMILES string of the molecule is CCC1=C(CC)[Si](C(C)(C)C)(C(C)(C)C)C(C)(C)C[Si]1C(C)(C)C. The summed E-state index contributed by atoms with van der Waals surface area (Å²) >= 11 is 0. The van der Waals surface area contributed by atoms with Gasteiger partial charge in [0.1, 0.15) is 0 Å². The molecule has 0 bridgehead atoms. The minimum Gasteiger partial charge on any atom is -0.0867 e. The van der Waals surface area contributed by atoms with Crippen molar-refractivity contribution in [2.45, 2.75) is 129 Å². The zero-order chi connectivity index (χ0) is 19.4. The highest BCUT2D eigenvalue weighted by atomic mass is 28.3. The van der Waals surface area contributed by atoms with Gasteiger partial charge < -0.3 is 0 Å². The Balaban J connectivity index is 4.00. The molecule has 0 aromatic carbocycles. The van der Waals surface area contributed by atoms with Crippen LogP contribution in [0.5, 0.6) is 0 Å². The van der Waals surface area contributed by atoms with Crippen LogP contribution in [0.4, 0.5) is 0 Å². The molecule has 0 saturated heterocycles. The Bertz CT molecular complexity index is 476. The molecule has 0 saturated carbocycles. The van der Waals surface area contributed by atoms with Gasteiger partial charge in [0, 0.05) is 0 Å². The van der Waals surface area contributed by atoms with Gasteiger partial charge in [-0.05, 0) is 33.0 Å². The predicted octanol–water partition coefficient (Wildman–Crippen LogP) is 8.32. The maximum absolute atomic E-state index is 2.65. The van der Waals surface area contributed by atoms with Crippen molar-refractivity contribution >= 4 is 16.9 Å². The van der Waals surface area contributed by atoms with Crippen molar-refractivity contribution in [1.82, 2.24) is 0 Å². The first kappa shape index (κ1) is 22.2. The quantitative estimate of drug-likeness (QED) is 0.431. The molecule has 0 aromatic heterocycles. The minimum atomic E-state index is -1.74. The molecule has 0 nitrogen and oxygen atoms in total. The second kappa shape index (κ2) is 6.41. The molecule has 0 amide bonds. The number of hydrogen-bond acceptors (Lipinski definition) is 0. The summed E-state index contributed by atoms with van der Waals surface area (Å²) in [5.74, 6) is 0. The molecule has 0 aliphatic carbocycles. The lowest BCUT2D eigenvalue weighted by Crippen LogP contribution is -2.64. The van der Waals surface area contributed by atoms with Crippen LogP contribution in [0.15, 0.2) is 10.4 Å². The molecule has 24 heavy (non-hydrogen) atoms. The summed E-state index contributed by atoms with van der Waals surface area (Å²) in [7, 11) is -2.24. The summed E-state index contributed by atoms with van der Waals surface area (Å²) in [6.45, 7) is 33.0.